The molecule has 1 unspecified atom stereocenters. The standard InChI is InChI=1S/C18H22FN/c1-10-8-11(2)14(5)17(13(10)4)18(20)16-7-6-15(19)9-12(16)3/h6-9,18H,20H2,1-5H3. The van der Waals surface area contributed by atoms with Crippen molar-refractivity contribution in [1.29, 1.82) is 0 Å². The molecule has 20 heavy (non-hydrogen) atoms. The Morgan fingerprint density at radius 2 is 1.40 bits per heavy atom. The SMILES string of the molecule is Cc1cc(F)ccc1C(N)c1c(C)c(C)cc(C)c1C. The summed E-state index contributed by atoms with van der Waals surface area (Å²) in [5.74, 6) is -0.215. The van der Waals surface area contributed by atoms with Crippen LogP contribution in [0.25, 0.3) is 0 Å². The fraction of sp³-hybridized carbons (Fsp3) is 0.333. The van der Waals surface area contributed by atoms with Gasteiger partial charge in [-0.3, -0.25) is 0 Å². The van der Waals surface area contributed by atoms with E-state index in [-0.39, 0.29) is 11.9 Å². The predicted octanol–water partition coefficient (Wildman–Crippen LogP) is 4.42. The normalized spacial score (nSPS) is 12.6. The molecule has 0 fully saturated rings. The first-order chi connectivity index (χ1) is 9.32. The Hall–Kier alpha value is -1.67. The molecule has 0 bridgehead atoms. The lowest BCUT2D eigenvalue weighted by molar-refractivity contribution is 0.624. The number of hydrogen-bond donors (Lipinski definition) is 1. The van der Waals surface area contributed by atoms with Crippen LogP contribution in [0.15, 0.2) is 24.3 Å². The van der Waals surface area contributed by atoms with Gasteiger partial charge in [-0.2, -0.15) is 0 Å². The Balaban J connectivity index is 2.62. The van der Waals surface area contributed by atoms with Crippen molar-refractivity contribution >= 4 is 0 Å². The molecule has 1 atom stereocenters. The van der Waals surface area contributed by atoms with Gasteiger partial charge in [-0.25, -0.2) is 4.39 Å². The molecular formula is C18H22FN. The van der Waals surface area contributed by atoms with Crippen molar-refractivity contribution in [2.24, 2.45) is 5.73 Å². The molecule has 0 aliphatic carbocycles. The minimum Gasteiger partial charge on any atom is -0.320 e. The quantitative estimate of drug-likeness (QED) is 0.860. The second-order valence-electron chi connectivity index (χ2n) is 5.65. The van der Waals surface area contributed by atoms with Gasteiger partial charge in [-0.15, -0.1) is 0 Å². The molecule has 0 saturated carbocycles. The molecule has 2 N–H and O–H groups in total. The van der Waals surface area contributed by atoms with Crippen LogP contribution < -0.4 is 5.73 Å². The third-order valence-electron chi connectivity index (χ3n) is 4.30. The van der Waals surface area contributed by atoms with E-state index in [1.165, 1.54) is 28.3 Å². The molecule has 0 radical (unpaired) electrons. The smallest absolute Gasteiger partial charge is 0.123 e. The van der Waals surface area contributed by atoms with Crippen molar-refractivity contribution in [2.45, 2.75) is 40.7 Å². The monoisotopic (exact) mass is 271 g/mol. The molecule has 2 rings (SSSR count). The minimum atomic E-state index is -0.215. The zero-order chi connectivity index (χ0) is 15.0. The van der Waals surface area contributed by atoms with E-state index in [4.69, 9.17) is 5.73 Å². The van der Waals surface area contributed by atoms with Crippen molar-refractivity contribution in [1.82, 2.24) is 0 Å². The average molecular weight is 271 g/mol. The zero-order valence-electron chi connectivity index (χ0n) is 12.8. The summed E-state index contributed by atoms with van der Waals surface area (Å²) in [6.07, 6.45) is 0. The van der Waals surface area contributed by atoms with Crippen LogP contribution in [0.4, 0.5) is 4.39 Å². The first-order valence-corrected chi connectivity index (χ1v) is 6.92. The third kappa shape index (κ3) is 2.48. The van der Waals surface area contributed by atoms with Crippen LogP contribution in [-0.4, -0.2) is 0 Å². The predicted molar refractivity (Wildman–Crippen MR) is 82.6 cm³/mol. The highest BCUT2D eigenvalue weighted by Gasteiger charge is 2.18. The van der Waals surface area contributed by atoms with Crippen molar-refractivity contribution in [2.75, 3.05) is 0 Å². The van der Waals surface area contributed by atoms with Crippen LogP contribution in [0, 0.1) is 40.4 Å². The summed E-state index contributed by atoms with van der Waals surface area (Å²) in [5.41, 5.74) is 14.5. The van der Waals surface area contributed by atoms with Gasteiger partial charge in [0.15, 0.2) is 0 Å². The van der Waals surface area contributed by atoms with E-state index in [1.807, 2.05) is 6.92 Å². The van der Waals surface area contributed by atoms with Crippen molar-refractivity contribution in [3.63, 3.8) is 0 Å². The van der Waals surface area contributed by atoms with Gasteiger partial charge >= 0.3 is 0 Å². The second kappa shape index (κ2) is 5.37. The molecule has 0 amide bonds. The molecule has 0 aliphatic rings. The van der Waals surface area contributed by atoms with Gasteiger partial charge in [0.1, 0.15) is 5.82 Å². The lowest BCUT2D eigenvalue weighted by Crippen LogP contribution is -2.17. The molecule has 2 heteroatoms. The lowest BCUT2D eigenvalue weighted by atomic mass is 9.86. The van der Waals surface area contributed by atoms with Crippen LogP contribution in [-0.2, 0) is 0 Å². The molecule has 2 aromatic carbocycles. The van der Waals surface area contributed by atoms with E-state index in [9.17, 15) is 4.39 Å². The molecule has 0 heterocycles. The van der Waals surface area contributed by atoms with Gasteiger partial charge in [-0.05, 0) is 85.7 Å². The second-order valence-corrected chi connectivity index (χ2v) is 5.65. The summed E-state index contributed by atoms with van der Waals surface area (Å²) in [7, 11) is 0. The summed E-state index contributed by atoms with van der Waals surface area (Å²) in [4.78, 5) is 0. The fourth-order valence-electron chi connectivity index (χ4n) is 2.86. The van der Waals surface area contributed by atoms with Crippen LogP contribution in [0.2, 0.25) is 0 Å². The summed E-state index contributed by atoms with van der Waals surface area (Å²) in [6.45, 7) is 10.3. The lowest BCUT2D eigenvalue weighted by Gasteiger charge is -2.22. The highest BCUT2D eigenvalue weighted by Crippen LogP contribution is 2.31. The van der Waals surface area contributed by atoms with Gasteiger partial charge in [0.2, 0.25) is 0 Å². The number of halogens is 1. The maximum absolute atomic E-state index is 13.3. The minimum absolute atomic E-state index is 0.214. The Kier molecular flexibility index (Phi) is 3.96. The van der Waals surface area contributed by atoms with E-state index >= 15 is 0 Å². The molecule has 0 spiro atoms. The van der Waals surface area contributed by atoms with Crippen LogP contribution in [0.1, 0.15) is 45.0 Å². The highest BCUT2D eigenvalue weighted by molar-refractivity contribution is 5.49. The summed E-state index contributed by atoms with van der Waals surface area (Å²) < 4.78 is 13.3. The van der Waals surface area contributed by atoms with E-state index in [0.29, 0.717) is 0 Å². The molecule has 1 nitrogen and oxygen atoms in total. The first-order valence-electron chi connectivity index (χ1n) is 6.92. The molecule has 0 aliphatic heterocycles. The Labute approximate surface area is 120 Å². The fourth-order valence-corrected chi connectivity index (χ4v) is 2.86. The van der Waals surface area contributed by atoms with Gasteiger partial charge in [-0.1, -0.05) is 12.1 Å². The van der Waals surface area contributed by atoms with Crippen LogP contribution in [0.3, 0.4) is 0 Å². The Morgan fingerprint density at radius 1 is 0.850 bits per heavy atom. The van der Waals surface area contributed by atoms with E-state index in [0.717, 1.165) is 16.7 Å². The van der Waals surface area contributed by atoms with E-state index < -0.39 is 0 Å². The van der Waals surface area contributed by atoms with E-state index in [1.54, 1.807) is 12.1 Å². The molecule has 0 aromatic heterocycles. The van der Waals surface area contributed by atoms with Crippen molar-refractivity contribution in [3.8, 4) is 0 Å². The van der Waals surface area contributed by atoms with Gasteiger partial charge in [0, 0.05) is 0 Å². The van der Waals surface area contributed by atoms with Crippen LogP contribution in [0.5, 0.6) is 0 Å². The number of hydrogen-bond acceptors (Lipinski definition) is 1. The summed E-state index contributed by atoms with van der Waals surface area (Å²) in [5, 5.41) is 0. The van der Waals surface area contributed by atoms with Gasteiger partial charge in [0.05, 0.1) is 6.04 Å². The highest BCUT2D eigenvalue weighted by atomic mass is 19.1. The van der Waals surface area contributed by atoms with Gasteiger partial charge in [0.25, 0.3) is 0 Å². The average Bonchev–Trinajstić information content (AvgIpc) is 2.36. The number of rotatable bonds is 2. The van der Waals surface area contributed by atoms with Gasteiger partial charge < -0.3 is 5.73 Å². The van der Waals surface area contributed by atoms with Crippen LogP contribution >= 0.6 is 0 Å². The summed E-state index contributed by atoms with van der Waals surface area (Å²) in [6, 6.07) is 6.80. The van der Waals surface area contributed by atoms with Crippen molar-refractivity contribution in [3.05, 3.63) is 69.0 Å². The largest absolute Gasteiger partial charge is 0.320 e. The maximum Gasteiger partial charge on any atom is 0.123 e. The Bertz CT molecular complexity index is 633. The number of benzene rings is 2. The van der Waals surface area contributed by atoms with E-state index in [2.05, 4.69) is 33.8 Å². The molecule has 0 saturated heterocycles. The van der Waals surface area contributed by atoms with Crippen molar-refractivity contribution < 1.29 is 4.39 Å². The molecule has 2 aromatic rings. The Morgan fingerprint density at radius 3 is 1.90 bits per heavy atom. The molecular weight excluding hydrogens is 249 g/mol. The number of aryl methyl sites for hydroxylation is 3. The summed E-state index contributed by atoms with van der Waals surface area (Å²) >= 11 is 0. The molecule has 106 valence electrons. The topological polar surface area (TPSA) is 26.0 Å². The third-order valence-corrected chi connectivity index (χ3v) is 4.30. The zero-order valence-corrected chi connectivity index (χ0v) is 12.8. The number of nitrogens with two attached hydrogens (primary N) is 1. The first kappa shape index (κ1) is 14.7. The maximum atomic E-state index is 13.3.